The maximum atomic E-state index is 13.6. The van der Waals surface area contributed by atoms with Crippen LogP contribution in [0.25, 0.3) is 0 Å². The fraction of sp³-hybridized carbons (Fsp3) is 0.207. The van der Waals surface area contributed by atoms with Crippen LogP contribution in [-0.4, -0.2) is 35.0 Å². The number of hydrogen-bond acceptors (Lipinski definition) is 7. The van der Waals surface area contributed by atoms with E-state index in [-0.39, 0.29) is 29.5 Å². The zero-order valence-electron chi connectivity index (χ0n) is 22.6. The summed E-state index contributed by atoms with van der Waals surface area (Å²) in [7, 11) is 2.72. The van der Waals surface area contributed by atoms with E-state index >= 15 is 0 Å². The number of alkyl halides is 3. The number of nitrogens with one attached hydrogen (secondary N) is 1. The van der Waals surface area contributed by atoms with Crippen LogP contribution in [0.5, 0.6) is 5.75 Å². The number of esters is 1. The number of halogens is 3. The quantitative estimate of drug-likeness (QED) is 0.272. The number of aromatic nitrogens is 4. The predicted molar refractivity (Wildman–Crippen MR) is 143 cm³/mol. The number of benzene rings is 2. The number of allylic oxidation sites excluding steroid dienone is 1. The molecule has 10 nitrogen and oxygen atoms in total. The first-order valence-corrected chi connectivity index (χ1v) is 12.6. The van der Waals surface area contributed by atoms with E-state index < -0.39 is 29.4 Å². The smallest absolute Gasteiger partial charge is 0.416 e. The lowest BCUT2D eigenvalue weighted by Crippen LogP contribution is -2.39. The molecule has 1 aliphatic rings. The third-order valence-corrected chi connectivity index (χ3v) is 7.00. The first-order valence-electron chi connectivity index (χ1n) is 12.6. The molecule has 3 heterocycles. The fourth-order valence-electron chi connectivity index (χ4n) is 5.04. The van der Waals surface area contributed by atoms with Crippen molar-refractivity contribution >= 4 is 17.6 Å². The summed E-state index contributed by atoms with van der Waals surface area (Å²) >= 11 is 0. The Bertz CT molecular complexity index is 1800. The molecule has 13 heteroatoms. The van der Waals surface area contributed by atoms with E-state index in [4.69, 9.17) is 9.47 Å². The van der Waals surface area contributed by atoms with Crippen molar-refractivity contribution in [1.82, 2.24) is 14.8 Å². The lowest BCUT2D eigenvalue weighted by atomic mass is 9.90. The highest BCUT2D eigenvalue weighted by Gasteiger charge is 2.41. The standard InChI is InChI=1S/C29H23F3N6O4/c1-17-24(26(39)42-3)25(23-8-7-18(15-33)13-19(23)16-36-11-9-22(41-2)10-12-36)38-27(34-35-28(38)40)37(17)21-6-4-5-20(14-21)29(30,31)32/h4-14,25H,16H2,1-3H3/p+1/t25-/m1/s1. The van der Waals surface area contributed by atoms with E-state index in [1.54, 1.807) is 56.8 Å². The SMILES string of the molecule is COC(=O)C1=C(C)N(c2cccc(C(F)(F)F)c2)c2n[nH]c(=O)n2[C@@H]1c1ccc(C#N)cc1C[n+]1ccc(OC)cc1. The van der Waals surface area contributed by atoms with Gasteiger partial charge in [0.05, 0.1) is 37.0 Å². The van der Waals surface area contributed by atoms with Crippen LogP contribution in [0.4, 0.5) is 24.8 Å². The molecule has 2 aromatic carbocycles. The molecule has 1 N–H and O–H groups in total. The largest absolute Gasteiger partial charge is 0.496 e. The molecule has 0 fully saturated rings. The Labute approximate surface area is 237 Å². The molecule has 2 aromatic heterocycles. The number of anilines is 2. The van der Waals surface area contributed by atoms with E-state index in [1.807, 2.05) is 4.57 Å². The van der Waals surface area contributed by atoms with Crippen LogP contribution in [0.15, 0.2) is 83.1 Å². The first-order chi connectivity index (χ1) is 20.1. The summed E-state index contributed by atoms with van der Waals surface area (Å²) in [6.45, 7) is 1.79. The Morgan fingerprint density at radius 2 is 1.88 bits per heavy atom. The fourth-order valence-corrected chi connectivity index (χ4v) is 5.04. The van der Waals surface area contributed by atoms with Crippen molar-refractivity contribution in [2.75, 3.05) is 19.1 Å². The molecule has 1 atom stereocenters. The second-order valence-electron chi connectivity index (χ2n) is 9.41. The molecule has 0 unspecified atom stereocenters. The average molecular weight is 578 g/mol. The van der Waals surface area contributed by atoms with E-state index in [1.165, 1.54) is 28.7 Å². The average Bonchev–Trinajstić information content (AvgIpc) is 3.36. The van der Waals surface area contributed by atoms with E-state index in [2.05, 4.69) is 16.3 Å². The number of H-pyrrole nitrogens is 1. The number of aromatic amines is 1. The first kappa shape index (κ1) is 28.2. The van der Waals surface area contributed by atoms with Gasteiger partial charge >= 0.3 is 17.8 Å². The van der Waals surface area contributed by atoms with Gasteiger partial charge in [0.25, 0.3) is 0 Å². The number of pyridine rings is 1. The number of carbonyl (C=O) groups excluding carboxylic acids is 1. The highest BCUT2D eigenvalue weighted by atomic mass is 19.4. The number of hydrogen-bond donors (Lipinski definition) is 1. The zero-order chi connectivity index (χ0) is 30.2. The van der Waals surface area contributed by atoms with E-state index in [0.29, 0.717) is 22.4 Å². The van der Waals surface area contributed by atoms with Crippen molar-refractivity contribution in [3.63, 3.8) is 0 Å². The second kappa shape index (κ2) is 10.9. The minimum atomic E-state index is -4.63. The highest BCUT2D eigenvalue weighted by Crippen LogP contribution is 2.43. The van der Waals surface area contributed by atoms with Gasteiger partial charge in [-0.2, -0.15) is 18.4 Å². The van der Waals surface area contributed by atoms with Gasteiger partial charge in [-0.3, -0.25) is 4.90 Å². The predicted octanol–water partition coefficient (Wildman–Crippen LogP) is 3.99. The van der Waals surface area contributed by atoms with Gasteiger partial charge in [0.2, 0.25) is 5.95 Å². The zero-order valence-corrected chi connectivity index (χ0v) is 22.6. The molecule has 0 radical (unpaired) electrons. The van der Waals surface area contributed by atoms with Gasteiger partial charge in [-0.05, 0) is 42.8 Å². The van der Waals surface area contributed by atoms with Crippen molar-refractivity contribution in [3.8, 4) is 11.8 Å². The van der Waals surface area contributed by atoms with Crippen molar-refractivity contribution in [2.45, 2.75) is 25.7 Å². The monoisotopic (exact) mass is 577 g/mol. The van der Waals surface area contributed by atoms with Crippen molar-refractivity contribution in [2.24, 2.45) is 0 Å². The van der Waals surface area contributed by atoms with Crippen LogP contribution >= 0.6 is 0 Å². The van der Waals surface area contributed by atoms with E-state index in [9.17, 15) is 28.0 Å². The van der Waals surface area contributed by atoms with Crippen molar-refractivity contribution in [3.05, 3.63) is 111 Å². The minimum Gasteiger partial charge on any atom is -0.496 e. The lowest BCUT2D eigenvalue weighted by molar-refractivity contribution is -0.688. The Morgan fingerprint density at radius 1 is 1.14 bits per heavy atom. The van der Waals surface area contributed by atoms with Crippen LogP contribution in [0.1, 0.15) is 35.2 Å². The van der Waals surface area contributed by atoms with Gasteiger partial charge in [0.15, 0.2) is 18.9 Å². The van der Waals surface area contributed by atoms with Crippen molar-refractivity contribution in [1.29, 1.82) is 5.26 Å². The molecule has 0 aliphatic carbocycles. The highest BCUT2D eigenvalue weighted by molar-refractivity contribution is 5.93. The van der Waals surface area contributed by atoms with Crippen LogP contribution in [0, 0.1) is 11.3 Å². The summed E-state index contributed by atoms with van der Waals surface area (Å²) in [4.78, 5) is 27.9. The molecule has 0 saturated heterocycles. The molecule has 42 heavy (non-hydrogen) atoms. The summed E-state index contributed by atoms with van der Waals surface area (Å²) < 4.78 is 54.1. The molecule has 0 saturated carbocycles. The van der Waals surface area contributed by atoms with Crippen molar-refractivity contribution < 1.29 is 32.0 Å². The number of nitrogens with zero attached hydrogens (tertiary/aromatic N) is 5. The second-order valence-corrected chi connectivity index (χ2v) is 9.41. The Balaban J connectivity index is 1.74. The molecular formula is C29H24F3N6O4+. The number of methoxy groups -OCH3 is 2. The van der Waals surface area contributed by atoms with Crippen LogP contribution in [0.3, 0.4) is 0 Å². The molecule has 5 rings (SSSR count). The molecule has 1 aliphatic heterocycles. The topological polar surface area (TPSA) is 117 Å². The van der Waals surface area contributed by atoms with Crippen LogP contribution in [0.2, 0.25) is 0 Å². The van der Waals surface area contributed by atoms with Gasteiger partial charge in [-0.1, -0.05) is 12.1 Å². The van der Waals surface area contributed by atoms with Gasteiger partial charge in [-0.25, -0.2) is 23.8 Å². The number of rotatable bonds is 6. The summed E-state index contributed by atoms with van der Waals surface area (Å²) in [5.74, 6) is -0.178. The minimum absolute atomic E-state index is 0.0107. The van der Waals surface area contributed by atoms with Crippen LogP contribution < -0.4 is 19.9 Å². The van der Waals surface area contributed by atoms with Gasteiger partial charge in [-0.15, -0.1) is 5.10 Å². The summed E-state index contributed by atoms with van der Waals surface area (Å²) in [5.41, 5.74) is 0.0981. The maximum absolute atomic E-state index is 13.6. The third-order valence-electron chi connectivity index (χ3n) is 7.00. The lowest BCUT2D eigenvalue weighted by Gasteiger charge is -2.36. The van der Waals surface area contributed by atoms with Gasteiger partial charge < -0.3 is 9.47 Å². The van der Waals surface area contributed by atoms with Crippen LogP contribution in [-0.2, 0) is 22.3 Å². The Kier molecular flexibility index (Phi) is 7.30. The van der Waals surface area contributed by atoms with Gasteiger partial charge in [0.1, 0.15) is 11.8 Å². The summed E-state index contributed by atoms with van der Waals surface area (Å²) in [6, 6.07) is 13.9. The maximum Gasteiger partial charge on any atom is 0.416 e. The number of ether oxygens (including phenoxy) is 2. The molecular weight excluding hydrogens is 553 g/mol. The Hall–Kier alpha value is -5.38. The summed E-state index contributed by atoms with van der Waals surface area (Å²) in [5, 5.41) is 16.1. The number of nitriles is 1. The van der Waals surface area contributed by atoms with E-state index in [0.717, 1.165) is 12.1 Å². The molecule has 0 amide bonds. The summed E-state index contributed by atoms with van der Waals surface area (Å²) in [6.07, 6.45) is -1.08. The molecule has 214 valence electrons. The number of carbonyl (C=O) groups is 1. The molecule has 0 spiro atoms. The molecule has 0 bridgehead atoms. The number of fused-ring (bicyclic) bond motifs is 1. The third kappa shape index (κ3) is 4.98. The molecule has 4 aromatic rings. The van der Waals surface area contributed by atoms with Gasteiger partial charge in [0, 0.05) is 29.1 Å². The normalized spacial score (nSPS) is 14.8. The Morgan fingerprint density at radius 3 is 2.52 bits per heavy atom.